The van der Waals surface area contributed by atoms with E-state index in [4.69, 9.17) is 5.73 Å². The summed E-state index contributed by atoms with van der Waals surface area (Å²) in [6.45, 7) is 1.75. The highest BCUT2D eigenvalue weighted by atomic mass is 32.2. The first-order chi connectivity index (χ1) is 10.0. The molecular formula is C14H16N4O2S. The molecule has 1 aromatic carbocycles. The van der Waals surface area contributed by atoms with Crippen LogP contribution in [0.1, 0.15) is 12.1 Å². The predicted octanol–water partition coefficient (Wildman–Crippen LogP) is 1.78. The minimum absolute atomic E-state index is 0.129. The molecule has 0 unspecified atom stereocenters. The van der Waals surface area contributed by atoms with Gasteiger partial charge in [0.25, 0.3) is 5.56 Å². The highest BCUT2D eigenvalue weighted by Gasteiger charge is 2.06. The summed E-state index contributed by atoms with van der Waals surface area (Å²) >= 11 is 1.33. The smallest absolute Gasteiger partial charge is 0.251 e. The quantitative estimate of drug-likeness (QED) is 0.444. The number of nitrogens with zero attached hydrogens (tertiary/aromatic N) is 1. The van der Waals surface area contributed by atoms with Crippen molar-refractivity contribution in [1.82, 2.24) is 9.97 Å². The summed E-state index contributed by atoms with van der Waals surface area (Å²) in [6.07, 6.45) is 0.302. The molecule has 1 heterocycles. The van der Waals surface area contributed by atoms with Gasteiger partial charge in [-0.25, -0.2) is 4.98 Å². The zero-order valence-corrected chi connectivity index (χ0v) is 12.4. The first-order valence-electron chi connectivity index (χ1n) is 6.40. The lowest BCUT2D eigenvalue weighted by atomic mass is 10.2. The Bertz CT molecular complexity index is 699. The average Bonchev–Trinajstić information content (AvgIpc) is 2.40. The lowest BCUT2D eigenvalue weighted by Gasteiger charge is -2.07. The second-order valence-corrected chi connectivity index (χ2v) is 5.51. The van der Waals surface area contributed by atoms with Gasteiger partial charge in [0.15, 0.2) is 5.16 Å². The van der Waals surface area contributed by atoms with Crippen molar-refractivity contribution >= 4 is 29.0 Å². The number of amides is 1. The van der Waals surface area contributed by atoms with Crippen LogP contribution >= 0.6 is 11.8 Å². The van der Waals surface area contributed by atoms with E-state index >= 15 is 0 Å². The van der Waals surface area contributed by atoms with Gasteiger partial charge in [-0.05, 0) is 19.1 Å². The van der Waals surface area contributed by atoms with Gasteiger partial charge < -0.3 is 16.0 Å². The van der Waals surface area contributed by atoms with E-state index in [2.05, 4.69) is 15.3 Å². The Labute approximate surface area is 126 Å². The van der Waals surface area contributed by atoms with Gasteiger partial charge in [0.1, 0.15) is 0 Å². The maximum atomic E-state index is 11.8. The summed E-state index contributed by atoms with van der Waals surface area (Å²) in [5.74, 6) is 0.390. The molecule has 1 amide bonds. The van der Waals surface area contributed by atoms with E-state index in [0.29, 0.717) is 34.4 Å². The topological polar surface area (TPSA) is 101 Å². The third kappa shape index (κ3) is 4.64. The number of rotatable bonds is 5. The number of nitrogens with one attached hydrogen (secondary N) is 2. The Balaban J connectivity index is 1.84. The van der Waals surface area contributed by atoms with E-state index in [0.717, 1.165) is 0 Å². The molecule has 0 bridgehead atoms. The van der Waals surface area contributed by atoms with Crippen LogP contribution < -0.4 is 16.6 Å². The Hall–Kier alpha value is -2.28. The molecule has 4 N–H and O–H groups in total. The fourth-order valence-electron chi connectivity index (χ4n) is 1.68. The molecule has 0 aliphatic heterocycles. The van der Waals surface area contributed by atoms with Gasteiger partial charge >= 0.3 is 0 Å². The molecule has 2 aromatic rings. The van der Waals surface area contributed by atoms with Gasteiger partial charge in [0, 0.05) is 23.9 Å². The van der Waals surface area contributed by atoms with Crippen molar-refractivity contribution in [3.8, 4) is 0 Å². The van der Waals surface area contributed by atoms with E-state index in [9.17, 15) is 9.59 Å². The molecule has 0 atom stereocenters. The predicted molar refractivity (Wildman–Crippen MR) is 84.4 cm³/mol. The summed E-state index contributed by atoms with van der Waals surface area (Å²) < 4.78 is 0. The lowest BCUT2D eigenvalue weighted by Crippen LogP contribution is -2.14. The third-order valence-corrected chi connectivity index (χ3v) is 3.53. The molecule has 1 aromatic heterocycles. The molecule has 0 aliphatic carbocycles. The monoisotopic (exact) mass is 304 g/mol. The Morgan fingerprint density at radius 2 is 2.19 bits per heavy atom. The normalized spacial score (nSPS) is 10.3. The molecule has 7 heteroatoms. The summed E-state index contributed by atoms with van der Waals surface area (Å²) in [5.41, 5.74) is 7.36. The van der Waals surface area contributed by atoms with Crippen molar-refractivity contribution in [2.24, 2.45) is 0 Å². The lowest BCUT2D eigenvalue weighted by molar-refractivity contribution is -0.115. The second-order valence-electron chi connectivity index (χ2n) is 4.43. The van der Waals surface area contributed by atoms with Crippen molar-refractivity contribution < 1.29 is 4.79 Å². The second kappa shape index (κ2) is 6.94. The van der Waals surface area contributed by atoms with Gasteiger partial charge in [0.2, 0.25) is 5.91 Å². The first-order valence-corrected chi connectivity index (χ1v) is 7.38. The van der Waals surface area contributed by atoms with Crippen LogP contribution in [0.3, 0.4) is 0 Å². The van der Waals surface area contributed by atoms with Gasteiger partial charge in [-0.2, -0.15) is 0 Å². The standard InChI is InChI=1S/C14H16N4O2S/c1-9-8-13(20)18-14(16-9)21-7-6-12(19)17-11-5-3-2-4-10(11)15/h2-5,8H,6-7,15H2,1H3,(H,17,19)(H,16,18,20). The summed E-state index contributed by atoms with van der Waals surface area (Å²) in [4.78, 5) is 29.9. The van der Waals surface area contributed by atoms with E-state index in [1.165, 1.54) is 17.8 Å². The Morgan fingerprint density at radius 3 is 2.90 bits per heavy atom. The van der Waals surface area contributed by atoms with Crippen LogP contribution in [0.5, 0.6) is 0 Å². The van der Waals surface area contributed by atoms with E-state index < -0.39 is 0 Å². The number of hydrogen-bond donors (Lipinski definition) is 3. The molecule has 110 valence electrons. The number of nitrogens with two attached hydrogens (primary N) is 1. The summed E-state index contributed by atoms with van der Waals surface area (Å²) in [5, 5.41) is 3.27. The molecule has 0 saturated heterocycles. The van der Waals surface area contributed by atoms with Crippen LogP contribution in [0.15, 0.2) is 40.3 Å². The number of benzene rings is 1. The van der Waals surface area contributed by atoms with Crippen molar-refractivity contribution in [3.05, 3.63) is 46.4 Å². The molecular weight excluding hydrogens is 288 g/mol. The number of H-pyrrole nitrogens is 1. The third-order valence-electron chi connectivity index (χ3n) is 2.65. The van der Waals surface area contributed by atoms with E-state index in [1.54, 1.807) is 25.1 Å². The summed E-state index contributed by atoms with van der Waals surface area (Å²) in [7, 11) is 0. The van der Waals surface area contributed by atoms with Crippen LogP contribution in [0, 0.1) is 6.92 Å². The molecule has 21 heavy (non-hydrogen) atoms. The molecule has 0 fully saturated rings. The van der Waals surface area contributed by atoms with Crippen LogP contribution in [0.4, 0.5) is 11.4 Å². The fraction of sp³-hybridized carbons (Fsp3) is 0.214. The average molecular weight is 304 g/mol. The van der Waals surface area contributed by atoms with Crippen LogP contribution in [-0.2, 0) is 4.79 Å². The van der Waals surface area contributed by atoms with Crippen LogP contribution in [0.2, 0.25) is 0 Å². The molecule has 0 spiro atoms. The maximum Gasteiger partial charge on any atom is 0.251 e. The number of carbonyl (C=O) groups is 1. The minimum Gasteiger partial charge on any atom is -0.397 e. The van der Waals surface area contributed by atoms with Crippen molar-refractivity contribution in [1.29, 1.82) is 0 Å². The number of aromatic nitrogens is 2. The molecule has 2 rings (SSSR count). The van der Waals surface area contributed by atoms with Crippen LogP contribution in [-0.4, -0.2) is 21.6 Å². The first kappa shape index (κ1) is 15.1. The zero-order valence-electron chi connectivity index (χ0n) is 11.6. The van der Waals surface area contributed by atoms with E-state index in [-0.39, 0.29) is 11.5 Å². The number of thioether (sulfide) groups is 1. The number of aryl methyl sites for hydroxylation is 1. The highest BCUT2D eigenvalue weighted by molar-refractivity contribution is 7.99. The number of carbonyl (C=O) groups excluding carboxylic acids is 1. The molecule has 6 nitrogen and oxygen atoms in total. The number of aromatic amines is 1. The maximum absolute atomic E-state index is 11.8. The SMILES string of the molecule is Cc1cc(=O)[nH]c(SCCC(=O)Nc2ccccc2N)n1. The number of anilines is 2. The van der Waals surface area contributed by atoms with Gasteiger partial charge in [-0.15, -0.1) is 0 Å². The Kier molecular flexibility index (Phi) is 4.99. The van der Waals surface area contributed by atoms with Crippen molar-refractivity contribution in [2.45, 2.75) is 18.5 Å². The zero-order chi connectivity index (χ0) is 15.2. The van der Waals surface area contributed by atoms with Crippen molar-refractivity contribution in [3.63, 3.8) is 0 Å². The largest absolute Gasteiger partial charge is 0.397 e. The molecule has 0 radical (unpaired) electrons. The number of hydrogen-bond acceptors (Lipinski definition) is 5. The highest BCUT2D eigenvalue weighted by Crippen LogP contribution is 2.18. The van der Waals surface area contributed by atoms with Gasteiger partial charge in [0.05, 0.1) is 11.4 Å². The number of nitrogen functional groups attached to an aromatic ring is 1. The Morgan fingerprint density at radius 1 is 1.43 bits per heavy atom. The van der Waals surface area contributed by atoms with Gasteiger partial charge in [-0.1, -0.05) is 23.9 Å². The molecule has 0 saturated carbocycles. The van der Waals surface area contributed by atoms with Gasteiger partial charge in [-0.3, -0.25) is 9.59 Å². The van der Waals surface area contributed by atoms with Crippen LogP contribution in [0.25, 0.3) is 0 Å². The summed E-state index contributed by atoms with van der Waals surface area (Å²) in [6, 6.07) is 8.52. The fourth-order valence-corrected chi connectivity index (χ4v) is 2.55. The van der Waals surface area contributed by atoms with E-state index in [1.807, 2.05) is 6.07 Å². The number of para-hydroxylation sites is 2. The minimum atomic E-state index is -0.188. The van der Waals surface area contributed by atoms with Crippen molar-refractivity contribution in [2.75, 3.05) is 16.8 Å². The molecule has 0 aliphatic rings.